The number of rotatable bonds is 7. The van der Waals surface area contributed by atoms with E-state index in [-0.39, 0.29) is 29.0 Å². The molecule has 1 aliphatic heterocycles. The predicted octanol–water partition coefficient (Wildman–Crippen LogP) is 4.03. The molecule has 0 saturated carbocycles. The Morgan fingerprint density at radius 3 is 2.41 bits per heavy atom. The van der Waals surface area contributed by atoms with E-state index < -0.39 is 9.84 Å². The third kappa shape index (κ3) is 5.83. The van der Waals surface area contributed by atoms with Gasteiger partial charge >= 0.3 is 0 Å². The number of piperazine rings is 1. The molecule has 4 rings (SSSR count). The summed E-state index contributed by atoms with van der Waals surface area (Å²) in [6, 6.07) is 10.0. The quantitative estimate of drug-likeness (QED) is 0.485. The Morgan fingerprint density at radius 2 is 1.79 bits per heavy atom. The normalized spacial score (nSPS) is 14.7. The number of aromatic nitrogens is 1. The van der Waals surface area contributed by atoms with Crippen LogP contribution in [0.25, 0.3) is 10.2 Å². The average Bonchev–Trinajstić information content (AvgIpc) is 3.29. The molecule has 1 aliphatic rings. The third-order valence-electron chi connectivity index (χ3n) is 5.90. The van der Waals surface area contributed by atoms with E-state index >= 15 is 0 Å². The van der Waals surface area contributed by atoms with Gasteiger partial charge in [0.25, 0.3) is 5.91 Å². The SMILES string of the molecule is CCS(=O)(=O)c1ccc(C(=O)NCCN2CCN(c3nc4c(C)ccc(Cl)c4s3)CC2)cc1.Cl. The highest BCUT2D eigenvalue weighted by Crippen LogP contribution is 2.35. The molecule has 1 aromatic heterocycles. The van der Waals surface area contributed by atoms with Gasteiger partial charge in [-0.3, -0.25) is 9.69 Å². The summed E-state index contributed by atoms with van der Waals surface area (Å²) < 4.78 is 24.8. The molecule has 184 valence electrons. The summed E-state index contributed by atoms with van der Waals surface area (Å²) in [5.74, 6) is -0.158. The van der Waals surface area contributed by atoms with Crippen molar-refractivity contribution >= 4 is 66.4 Å². The molecule has 11 heteroatoms. The van der Waals surface area contributed by atoms with E-state index in [2.05, 4.69) is 22.0 Å². The zero-order valence-electron chi connectivity index (χ0n) is 19.1. The Balaban J connectivity index is 0.00000324. The number of carbonyl (C=O) groups excluding carboxylic acids is 1. The molecule has 7 nitrogen and oxygen atoms in total. The first-order chi connectivity index (χ1) is 15.8. The van der Waals surface area contributed by atoms with E-state index in [9.17, 15) is 13.2 Å². The van der Waals surface area contributed by atoms with Crippen LogP contribution in [-0.4, -0.2) is 69.2 Å². The number of halogens is 2. The number of nitrogens with zero attached hydrogens (tertiary/aromatic N) is 3. The molecular weight excluding hydrogens is 515 g/mol. The Labute approximate surface area is 215 Å². The van der Waals surface area contributed by atoms with Crippen LogP contribution in [0.2, 0.25) is 5.02 Å². The highest BCUT2D eigenvalue weighted by Gasteiger charge is 2.21. The molecule has 2 heterocycles. The van der Waals surface area contributed by atoms with Crippen molar-refractivity contribution in [2.24, 2.45) is 0 Å². The Kier molecular flexibility index (Phi) is 8.81. The number of nitrogens with one attached hydrogen (secondary N) is 1. The van der Waals surface area contributed by atoms with Crippen molar-refractivity contribution in [3.05, 3.63) is 52.5 Å². The number of aryl methyl sites for hydroxylation is 1. The van der Waals surface area contributed by atoms with E-state index in [1.54, 1.807) is 30.4 Å². The van der Waals surface area contributed by atoms with Crippen LogP contribution in [0.1, 0.15) is 22.8 Å². The minimum atomic E-state index is -3.26. The molecule has 3 aromatic rings. The van der Waals surface area contributed by atoms with Crippen molar-refractivity contribution in [3.8, 4) is 0 Å². The van der Waals surface area contributed by atoms with Crippen LogP contribution < -0.4 is 10.2 Å². The van der Waals surface area contributed by atoms with Crippen molar-refractivity contribution in [1.82, 2.24) is 15.2 Å². The third-order valence-corrected chi connectivity index (χ3v) is 9.22. The second-order valence-corrected chi connectivity index (χ2v) is 11.7. The van der Waals surface area contributed by atoms with Gasteiger partial charge < -0.3 is 10.2 Å². The topological polar surface area (TPSA) is 82.6 Å². The molecule has 1 fully saturated rings. The maximum absolute atomic E-state index is 12.4. The number of thiazole rings is 1. The maximum atomic E-state index is 12.4. The van der Waals surface area contributed by atoms with Crippen LogP contribution in [0.3, 0.4) is 0 Å². The van der Waals surface area contributed by atoms with Gasteiger partial charge in [-0.05, 0) is 42.8 Å². The van der Waals surface area contributed by atoms with E-state index in [1.165, 1.54) is 12.1 Å². The highest BCUT2D eigenvalue weighted by atomic mass is 35.5. The summed E-state index contributed by atoms with van der Waals surface area (Å²) in [5.41, 5.74) is 2.57. The number of fused-ring (bicyclic) bond motifs is 1. The summed E-state index contributed by atoms with van der Waals surface area (Å²) in [5, 5.41) is 4.67. The molecule has 2 aromatic carbocycles. The van der Waals surface area contributed by atoms with Gasteiger partial charge in [-0.2, -0.15) is 0 Å². The van der Waals surface area contributed by atoms with Gasteiger partial charge in [-0.15, -0.1) is 12.4 Å². The maximum Gasteiger partial charge on any atom is 0.251 e. The number of anilines is 1. The minimum Gasteiger partial charge on any atom is -0.351 e. The summed E-state index contributed by atoms with van der Waals surface area (Å²) in [6.45, 7) is 8.47. The van der Waals surface area contributed by atoms with E-state index in [0.29, 0.717) is 12.1 Å². The molecule has 0 atom stereocenters. The highest BCUT2D eigenvalue weighted by molar-refractivity contribution is 7.91. The lowest BCUT2D eigenvalue weighted by Gasteiger charge is -2.34. The Hall–Kier alpha value is -1.91. The number of benzene rings is 2. The monoisotopic (exact) mass is 542 g/mol. The standard InChI is InChI=1S/C23H27ClN4O3S2.ClH/c1-3-33(30,31)18-7-5-17(6-8-18)22(29)25-10-11-27-12-14-28(15-13-27)23-26-20-16(2)4-9-19(24)21(20)32-23;/h4-9H,3,10-15H2,1-2H3,(H,25,29);1H. The van der Waals surface area contributed by atoms with Crippen LogP contribution in [0, 0.1) is 6.92 Å². The summed E-state index contributed by atoms with van der Waals surface area (Å²) in [6.07, 6.45) is 0. The molecule has 0 aliphatic carbocycles. The number of amides is 1. The van der Waals surface area contributed by atoms with E-state index in [1.807, 2.05) is 12.1 Å². The van der Waals surface area contributed by atoms with Crippen molar-refractivity contribution < 1.29 is 13.2 Å². The lowest BCUT2D eigenvalue weighted by molar-refractivity contribution is 0.0947. The van der Waals surface area contributed by atoms with E-state index in [0.717, 1.165) is 58.7 Å². The molecule has 1 N–H and O–H groups in total. The molecule has 1 amide bonds. The second kappa shape index (κ2) is 11.2. The van der Waals surface area contributed by atoms with Gasteiger partial charge in [0.1, 0.15) is 0 Å². The van der Waals surface area contributed by atoms with Crippen LogP contribution in [0.15, 0.2) is 41.3 Å². The molecule has 0 bridgehead atoms. The largest absolute Gasteiger partial charge is 0.351 e. The first kappa shape index (κ1) is 26.7. The molecular formula is C23H28Cl2N4O3S2. The fourth-order valence-corrected chi connectivity index (χ4v) is 6.05. The number of carbonyl (C=O) groups is 1. The smallest absolute Gasteiger partial charge is 0.251 e. The van der Waals surface area contributed by atoms with Crippen LogP contribution >= 0.6 is 35.3 Å². The molecule has 0 spiro atoms. The second-order valence-electron chi connectivity index (χ2n) is 8.05. The predicted molar refractivity (Wildman–Crippen MR) is 142 cm³/mol. The minimum absolute atomic E-state index is 0. The number of hydrogen-bond donors (Lipinski definition) is 1. The van der Waals surface area contributed by atoms with Crippen LogP contribution in [-0.2, 0) is 9.84 Å². The zero-order valence-corrected chi connectivity index (χ0v) is 22.3. The molecule has 1 saturated heterocycles. The summed E-state index contributed by atoms with van der Waals surface area (Å²) >= 11 is 7.99. The van der Waals surface area contributed by atoms with Gasteiger partial charge in [-0.1, -0.05) is 35.9 Å². The Morgan fingerprint density at radius 1 is 1.12 bits per heavy atom. The van der Waals surface area contributed by atoms with Crippen LogP contribution in [0.5, 0.6) is 0 Å². The number of hydrogen-bond acceptors (Lipinski definition) is 7. The van der Waals surface area contributed by atoms with Crippen molar-refractivity contribution in [2.45, 2.75) is 18.7 Å². The van der Waals surface area contributed by atoms with Gasteiger partial charge in [0.05, 0.1) is 25.9 Å². The van der Waals surface area contributed by atoms with Crippen molar-refractivity contribution in [2.75, 3.05) is 49.9 Å². The van der Waals surface area contributed by atoms with Crippen molar-refractivity contribution in [3.63, 3.8) is 0 Å². The first-order valence-corrected chi connectivity index (χ1v) is 13.8. The Bertz CT molecular complexity index is 1220. The van der Waals surface area contributed by atoms with Gasteiger partial charge in [0.2, 0.25) is 0 Å². The lowest BCUT2D eigenvalue weighted by Crippen LogP contribution is -2.48. The zero-order chi connectivity index (χ0) is 23.6. The fraction of sp³-hybridized carbons (Fsp3) is 0.391. The molecule has 0 radical (unpaired) electrons. The van der Waals surface area contributed by atoms with Gasteiger partial charge in [-0.25, -0.2) is 13.4 Å². The first-order valence-electron chi connectivity index (χ1n) is 10.9. The summed E-state index contributed by atoms with van der Waals surface area (Å²) in [7, 11) is -3.26. The number of sulfone groups is 1. The van der Waals surface area contributed by atoms with Crippen LogP contribution in [0.4, 0.5) is 5.13 Å². The molecule has 34 heavy (non-hydrogen) atoms. The summed E-state index contributed by atoms with van der Waals surface area (Å²) in [4.78, 5) is 22.1. The van der Waals surface area contributed by atoms with Crippen molar-refractivity contribution in [1.29, 1.82) is 0 Å². The van der Waals surface area contributed by atoms with Gasteiger partial charge in [0.15, 0.2) is 15.0 Å². The average molecular weight is 544 g/mol. The lowest BCUT2D eigenvalue weighted by atomic mass is 10.2. The fourth-order valence-electron chi connectivity index (χ4n) is 3.80. The van der Waals surface area contributed by atoms with E-state index in [4.69, 9.17) is 16.6 Å². The molecule has 0 unspecified atom stereocenters. The van der Waals surface area contributed by atoms with Gasteiger partial charge in [0, 0.05) is 44.8 Å².